The molecular formula is C9H14O2. The van der Waals surface area contributed by atoms with E-state index in [4.69, 9.17) is 9.47 Å². The zero-order valence-electron chi connectivity index (χ0n) is 7.26. The zero-order valence-corrected chi connectivity index (χ0v) is 7.26. The Bertz CT molecular complexity index is 192. The van der Waals surface area contributed by atoms with Crippen molar-refractivity contribution in [2.75, 3.05) is 0 Å². The maximum atomic E-state index is 5.23. The Labute approximate surface area is 67.5 Å². The average Bonchev–Trinajstić information content (AvgIpc) is 2.34. The van der Waals surface area contributed by atoms with Gasteiger partial charge in [0.2, 0.25) is 0 Å². The molecule has 0 aromatic carbocycles. The number of allylic oxidation sites excluding steroid dienone is 1. The van der Waals surface area contributed by atoms with Crippen molar-refractivity contribution in [1.29, 1.82) is 0 Å². The maximum Gasteiger partial charge on any atom is 0.281 e. The van der Waals surface area contributed by atoms with Crippen LogP contribution in [0.15, 0.2) is 24.5 Å². The van der Waals surface area contributed by atoms with Crippen LogP contribution in [0.4, 0.5) is 0 Å². The first kappa shape index (κ1) is 8.18. The maximum absolute atomic E-state index is 5.23. The van der Waals surface area contributed by atoms with Gasteiger partial charge in [0.25, 0.3) is 5.95 Å². The quantitative estimate of drug-likeness (QED) is 0.608. The summed E-state index contributed by atoms with van der Waals surface area (Å²) in [6.45, 7) is 9.96. The van der Waals surface area contributed by atoms with Gasteiger partial charge in [-0.15, -0.1) is 0 Å². The molecule has 0 amide bonds. The molecule has 1 aliphatic rings. The summed E-state index contributed by atoms with van der Waals surface area (Å²) in [4.78, 5) is 0. The van der Waals surface area contributed by atoms with Gasteiger partial charge in [-0.2, -0.15) is 0 Å². The first-order valence-electron chi connectivity index (χ1n) is 3.84. The van der Waals surface area contributed by atoms with Gasteiger partial charge in [-0.25, -0.2) is 0 Å². The smallest absolute Gasteiger partial charge is 0.281 e. The highest BCUT2D eigenvalue weighted by Crippen LogP contribution is 2.27. The summed E-state index contributed by atoms with van der Waals surface area (Å²) in [5, 5.41) is 0. The van der Waals surface area contributed by atoms with Crippen molar-refractivity contribution in [2.24, 2.45) is 11.8 Å². The third-order valence-corrected chi connectivity index (χ3v) is 1.99. The van der Waals surface area contributed by atoms with E-state index in [0.29, 0.717) is 17.8 Å². The standard InChI is InChI=1S/C9H14O2/c1-6(2)7(3)9-5-10-8(4)11-9/h5-7H,4H2,1-3H3. The van der Waals surface area contributed by atoms with Gasteiger partial charge in [0.05, 0.1) is 0 Å². The molecule has 0 N–H and O–H groups in total. The summed E-state index contributed by atoms with van der Waals surface area (Å²) in [5.74, 6) is 2.22. The van der Waals surface area contributed by atoms with Gasteiger partial charge >= 0.3 is 0 Å². The van der Waals surface area contributed by atoms with Gasteiger partial charge in [-0.1, -0.05) is 20.8 Å². The van der Waals surface area contributed by atoms with Gasteiger partial charge in [0, 0.05) is 5.92 Å². The minimum Gasteiger partial charge on any atom is -0.431 e. The fourth-order valence-electron chi connectivity index (χ4n) is 0.832. The molecular weight excluding hydrogens is 140 g/mol. The molecule has 1 unspecified atom stereocenters. The van der Waals surface area contributed by atoms with E-state index in [9.17, 15) is 0 Å². The topological polar surface area (TPSA) is 18.5 Å². The summed E-state index contributed by atoms with van der Waals surface area (Å²) in [6, 6.07) is 0. The van der Waals surface area contributed by atoms with Crippen molar-refractivity contribution in [3.8, 4) is 0 Å². The normalized spacial score (nSPS) is 19.3. The first-order valence-corrected chi connectivity index (χ1v) is 3.84. The number of hydrogen-bond acceptors (Lipinski definition) is 2. The van der Waals surface area contributed by atoms with Crippen LogP contribution < -0.4 is 0 Å². The van der Waals surface area contributed by atoms with Crippen LogP contribution in [-0.2, 0) is 9.47 Å². The lowest BCUT2D eigenvalue weighted by Crippen LogP contribution is -2.07. The predicted octanol–water partition coefficient (Wildman–Crippen LogP) is 2.64. The van der Waals surface area contributed by atoms with E-state index in [-0.39, 0.29) is 0 Å². The van der Waals surface area contributed by atoms with Crippen LogP contribution in [-0.4, -0.2) is 0 Å². The molecule has 0 aromatic rings. The van der Waals surface area contributed by atoms with Crippen LogP contribution in [0.5, 0.6) is 0 Å². The third-order valence-electron chi connectivity index (χ3n) is 1.99. The van der Waals surface area contributed by atoms with Crippen LogP contribution in [0.25, 0.3) is 0 Å². The van der Waals surface area contributed by atoms with Gasteiger partial charge in [-0.05, 0) is 12.5 Å². The minimum absolute atomic E-state index is 0.382. The van der Waals surface area contributed by atoms with E-state index in [1.54, 1.807) is 6.26 Å². The third kappa shape index (κ3) is 1.76. The second-order valence-electron chi connectivity index (χ2n) is 3.14. The molecule has 2 nitrogen and oxygen atoms in total. The average molecular weight is 154 g/mol. The van der Waals surface area contributed by atoms with Gasteiger partial charge in [0.15, 0.2) is 0 Å². The fourth-order valence-corrected chi connectivity index (χ4v) is 0.832. The molecule has 1 heterocycles. The van der Waals surface area contributed by atoms with Crippen molar-refractivity contribution in [3.05, 3.63) is 24.5 Å². The summed E-state index contributed by atoms with van der Waals surface area (Å²) < 4.78 is 10.2. The molecule has 0 aromatic heterocycles. The Morgan fingerprint density at radius 2 is 2.00 bits per heavy atom. The van der Waals surface area contributed by atoms with Gasteiger partial charge < -0.3 is 9.47 Å². The molecule has 0 aliphatic carbocycles. The molecule has 11 heavy (non-hydrogen) atoms. The molecule has 0 saturated carbocycles. The van der Waals surface area contributed by atoms with E-state index in [1.807, 2.05) is 0 Å². The van der Waals surface area contributed by atoms with Crippen molar-refractivity contribution < 1.29 is 9.47 Å². The van der Waals surface area contributed by atoms with Crippen LogP contribution in [0.2, 0.25) is 0 Å². The second kappa shape index (κ2) is 2.99. The van der Waals surface area contributed by atoms with E-state index in [2.05, 4.69) is 27.4 Å². The molecule has 1 rings (SSSR count). The summed E-state index contributed by atoms with van der Waals surface area (Å²) in [7, 11) is 0. The SMILES string of the molecule is C=C1OC=C(C(C)C(C)C)O1. The van der Waals surface area contributed by atoms with E-state index in [1.165, 1.54) is 0 Å². The van der Waals surface area contributed by atoms with E-state index in [0.717, 1.165) is 5.76 Å². The fraction of sp³-hybridized carbons (Fsp3) is 0.556. The van der Waals surface area contributed by atoms with Crippen LogP contribution in [0, 0.1) is 11.8 Å². The molecule has 2 heteroatoms. The number of ether oxygens (including phenoxy) is 2. The molecule has 1 atom stereocenters. The van der Waals surface area contributed by atoms with Crippen molar-refractivity contribution >= 4 is 0 Å². The van der Waals surface area contributed by atoms with Crippen molar-refractivity contribution in [1.82, 2.24) is 0 Å². The van der Waals surface area contributed by atoms with Crippen LogP contribution in [0.3, 0.4) is 0 Å². The molecule has 62 valence electrons. The lowest BCUT2D eigenvalue weighted by atomic mass is 9.97. The van der Waals surface area contributed by atoms with Crippen molar-refractivity contribution in [3.63, 3.8) is 0 Å². The highest BCUT2D eigenvalue weighted by Gasteiger charge is 2.20. The first-order chi connectivity index (χ1) is 5.11. The molecule has 0 spiro atoms. The molecule has 0 bridgehead atoms. The molecule has 0 saturated heterocycles. The summed E-state index contributed by atoms with van der Waals surface area (Å²) >= 11 is 0. The summed E-state index contributed by atoms with van der Waals surface area (Å²) in [5.41, 5.74) is 0. The lowest BCUT2D eigenvalue weighted by molar-refractivity contribution is 0.169. The monoisotopic (exact) mass is 154 g/mol. The Balaban J connectivity index is 2.55. The highest BCUT2D eigenvalue weighted by molar-refractivity contribution is 5.03. The van der Waals surface area contributed by atoms with Gasteiger partial charge in [0.1, 0.15) is 12.0 Å². The zero-order chi connectivity index (χ0) is 8.43. The number of hydrogen-bond donors (Lipinski definition) is 0. The number of rotatable bonds is 2. The highest BCUT2D eigenvalue weighted by atomic mass is 16.7. The summed E-state index contributed by atoms with van der Waals surface area (Å²) in [6.07, 6.45) is 1.63. The largest absolute Gasteiger partial charge is 0.431 e. The Morgan fingerprint density at radius 3 is 2.36 bits per heavy atom. The predicted molar refractivity (Wildman–Crippen MR) is 43.4 cm³/mol. The van der Waals surface area contributed by atoms with Crippen molar-refractivity contribution in [2.45, 2.75) is 20.8 Å². The molecule has 1 aliphatic heterocycles. The Morgan fingerprint density at radius 1 is 1.36 bits per heavy atom. The Hall–Kier alpha value is -0.920. The van der Waals surface area contributed by atoms with E-state index < -0.39 is 0 Å². The van der Waals surface area contributed by atoms with E-state index >= 15 is 0 Å². The lowest BCUT2D eigenvalue weighted by Gasteiger charge is -2.14. The van der Waals surface area contributed by atoms with Crippen LogP contribution >= 0.6 is 0 Å². The minimum atomic E-state index is 0.382. The molecule has 0 fully saturated rings. The molecule has 0 radical (unpaired) electrons. The second-order valence-corrected chi connectivity index (χ2v) is 3.14. The Kier molecular flexibility index (Phi) is 2.22. The van der Waals surface area contributed by atoms with Gasteiger partial charge in [-0.3, -0.25) is 0 Å². The van der Waals surface area contributed by atoms with Crippen LogP contribution in [0.1, 0.15) is 20.8 Å².